The Morgan fingerprint density at radius 1 is 1.27 bits per heavy atom. The maximum atomic E-state index is 5.03. The molecule has 0 aromatic heterocycles. The van der Waals surface area contributed by atoms with Crippen molar-refractivity contribution in [2.45, 2.75) is 6.42 Å². The molecule has 0 saturated carbocycles. The summed E-state index contributed by atoms with van der Waals surface area (Å²) in [5.74, 6) is 0.748. The molecule has 1 rings (SSSR count). The zero-order valence-electron chi connectivity index (χ0n) is 7.23. The molecule has 0 spiro atoms. The van der Waals surface area contributed by atoms with Gasteiger partial charge in [-0.1, -0.05) is 0 Å². The highest BCUT2D eigenvalue weighted by molar-refractivity contribution is 4.69. The SMILES string of the molecule is COCCC1CNCCNC1. The van der Waals surface area contributed by atoms with Crippen LogP contribution in [0.25, 0.3) is 0 Å². The van der Waals surface area contributed by atoms with Gasteiger partial charge in [-0.2, -0.15) is 0 Å². The number of hydrogen-bond donors (Lipinski definition) is 2. The van der Waals surface area contributed by atoms with Crippen LogP contribution in [0.15, 0.2) is 0 Å². The minimum atomic E-state index is 0.748. The van der Waals surface area contributed by atoms with Crippen LogP contribution in [0.4, 0.5) is 0 Å². The van der Waals surface area contributed by atoms with E-state index in [0.717, 1.165) is 45.1 Å². The number of methoxy groups -OCH3 is 1. The summed E-state index contributed by atoms with van der Waals surface area (Å²) in [6, 6.07) is 0. The van der Waals surface area contributed by atoms with Crippen LogP contribution < -0.4 is 10.6 Å². The van der Waals surface area contributed by atoms with Gasteiger partial charge in [-0.25, -0.2) is 0 Å². The Morgan fingerprint density at radius 3 is 2.45 bits per heavy atom. The van der Waals surface area contributed by atoms with Crippen LogP contribution in [0.2, 0.25) is 0 Å². The van der Waals surface area contributed by atoms with Gasteiger partial charge in [0.2, 0.25) is 0 Å². The summed E-state index contributed by atoms with van der Waals surface area (Å²) in [5, 5.41) is 6.78. The van der Waals surface area contributed by atoms with Crippen molar-refractivity contribution in [3.63, 3.8) is 0 Å². The van der Waals surface area contributed by atoms with Crippen molar-refractivity contribution >= 4 is 0 Å². The van der Waals surface area contributed by atoms with E-state index >= 15 is 0 Å². The van der Waals surface area contributed by atoms with Crippen LogP contribution in [0.1, 0.15) is 6.42 Å². The molecular formula is C8H18N2O. The first-order valence-corrected chi connectivity index (χ1v) is 4.34. The lowest BCUT2D eigenvalue weighted by Crippen LogP contribution is -2.24. The topological polar surface area (TPSA) is 33.3 Å². The summed E-state index contributed by atoms with van der Waals surface area (Å²) in [4.78, 5) is 0. The van der Waals surface area contributed by atoms with Crippen molar-refractivity contribution in [2.75, 3.05) is 39.9 Å². The van der Waals surface area contributed by atoms with Gasteiger partial charge in [0.05, 0.1) is 0 Å². The van der Waals surface area contributed by atoms with Gasteiger partial charge >= 0.3 is 0 Å². The molecule has 11 heavy (non-hydrogen) atoms. The van der Waals surface area contributed by atoms with E-state index in [1.165, 1.54) is 0 Å². The lowest BCUT2D eigenvalue weighted by atomic mass is 10.1. The summed E-state index contributed by atoms with van der Waals surface area (Å²) in [5.41, 5.74) is 0. The molecular weight excluding hydrogens is 140 g/mol. The van der Waals surface area contributed by atoms with Gasteiger partial charge in [0.25, 0.3) is 0 Å². The molecule has 66 valence electrons. The van der Waals surface area contributed by atoms with Gasteiger partial charge in [0, 0.05) is 26.8 Å². The summed E-state index contributed by atoms with van der Waals surface area (Å²) < 4.78 is 5.03. The van der Waals surface area contributed by atoms with Gasteiger partial charge in [0.15, 0.2) is 0 Å². The Bertz CT molecular complexity index is 90.1. The molecule has 0 radical (unpaired) electrons. The van der Waals surface area contributed by atoms with Gasteiger partial charge in [0.1, 0.15) is 0 Å². The maximum Gasteiger partial charge on any atom is 0.0465 e. The Morgan fingerprint density at radius 2 is 1.91 bits per heavy atom. The third-order valence-corrected chi connectivity index (χ3v) is 2.07. The summed E-state index contributed by atoms with van der Waals surface area (Å²) in [6.45, 7) is 5.35. The van der Waals surface area contributed by atoms with Crippen LogP contribution in [-0.2, 0) is 4.74 Å². The van der Waals surface area contributed by atoms with E-state index in [2.05, 4.69) is 10.6 Å². The van der Waals surface area contributed by atoms with Crippen LogP contribution in [-0.4, -0.2) is 39.9 Å². The second-order valence-electron chi connectivity index (χ2n) is 3.06. The van der Waals surface area contributed by atoms with Crippen molar-refractivity contribution in [1.29, 1.82) is 0 Å². The first-order valence-electron chi connectivity index (χ1n) is 4.34. The molecule has 0 amide bonds. The Labute approximate surface area is 68.5 Å². The standard InChI is InChI=1S/C8H18N2O/c1-11-5-2-8-6-9-3-4-10-7-8/h8-10H,2-7H2,1H3. The average molecular weight is 158 g/mol. The smallest absolute Gasteiger partial charge is 0.0465 e. The van der Waals surface area contributed by atoms with Crippen LogP contribution in [0.5, 0.6) is 0 Å². The van der Waals surface area contributed by atoms with Gasteiger partial charge in [-0.05, 0) is 25.4 Å². The van der Waals surface area contributed by atoms with Crippen molar-refractivity contribution in [3.8, 4) is 0 Å². The predicted molar refractivity (Wildman–Crippen MR) is 45.7 cm³/mol. The van der Waals surface area contributed by atoms with Crippen LogP contribution in [0, 0.1) is 5.92 Å². The van der Waals surface area contributed by atoms with Crippen molar-refractivity contribution in [1.82, 2.24) is 10.6 Å². The van der Waals surface area contributed by atoms with Crippen molar-refractivity contribution in [2.24, 2.45) is 5.92 Å². The molecule has 1 heterocycles. The van der Waals surface area contributed by atoms with Gasteiger partial charge in [-0.15, -0.1) is 0 Å². The molecule has 1 aliphatic rings. The zero-order valence-corrected chi connectivity index (χ0v) is 7.23. The van der Waals surface area contributed by atoms with Crippen LogP contribution in [0.3, 0.4) is 0 Å². The lowest BCUT2D eigenvalue weighted by molar-refractivity contribution is 0.177. The number of rotatable bonds is 3. The molecule has 1 aliphatic heterocycles. The van der Waals surface area contributed by atoms with Crippen molar-refractivity contribution < 1.29 is 4.74 Å². The van der Waals surface area contributed by atoms with E-state index < -0.39 is 0 Å². The van der Waals surface area contributed by atoms with E-state index in [9.17, 15) is 0 Å². The minimum Gasteiger partial charge on any atom is -0.385 e. The van der Waals surface area contributed by atoms with E-state index in [-0.39, 0.29) is 0 Å². The first-order chi connectivity index (χ1) is 5.43. The summed E-state index contributed by atoms with van der Waals surface area (Å²) in [6.07, 6.45) is 1.16. The monoisotopic (exact) mass is 158 g/mol. The maximum absolute atomic E-state index is 5.03. The fourth-order valence-electron chi connectivity index (χ4n) is 1.35. The zero-order chi connectivity index (χ0) is 7.94. The van der Waals surface area contributed by atoms with E-state index in [1.807, 2.05) is 0 Å². The molecule has 0 bridgehead atoms. The second kappa shape index (κ2) is 5.52. The third kappa shape index (κ3) is 3.70. The predicted octanol–water partition coefficient (Wildman–Crippen LogP) is -0.168. The molecule has 3 nitrogen and oxygen atoms in total. The molecule has 3 heteroatoms. The van der Waals surface area contributed by atoms with Gasteiger partial charge in [-0.3, -0.25) is 0 Å². The van der Waals surface area contributed by atoms with E-state index in [0.29, 0.717) is 0 Å². The summed E-state index contributed by atoms with van der Waals surface area (Å²) in [7, 11) is 1.76. The first kappa shape index (κ1) is 8.97. The molecule has 1 fully saturated rings. The fraction of sp³-hybridized carbons (Fsp3) is 1.00. The van der Waals surface area contributed by atoms with E-state index in [4.69, 9.17) is 4.74 Å². The number of hydrogen-bond acceptors (Lipinski definition) is 3. The highest BCUT2D eigenvalue weighted by atomic mass is 16.5. The minimum absolute atomic E-state index is 0.748. The quantitative estimate of drug-likeness (QED) is 0.598. The molecule has 1 saturated heterocycles. The second-order valence-corrected chi connectivity index (χ2v) is 3.06. The highest BCUT2D eigenvalue weighted by Crippen LogP contribution is 2.01. The largest absolute Gasteiger partial charge is 0.385 e. The fourth-order valence-corrected chi connectivity index (χ4v) is 1.35. The highest BCUT2D eigenvalue weighted by Gasteiger charge is 2.09. The molecule has 2 N–H and O–H groups in total. The molecule has 0 aromatic carbocycles. The summed E-state index contributed by atoms with van der Waals surface area (Å²) >= 11 is 0. The molecule has 0 unspecified atom stereocenters. The van der Waals surface area contributed by atoms with Crippen molar-refractivity contribution in [3.05, 3.63) is 0 Å². The Kier molecular flexibility index (Phi) is 4.50. The van der Waals surface area contributed by atoms with Gasteiger partial charge < -0.3 is 15.4 Å². The van der Waals surface area contributed by atoms with E-state index in [1.54, 1.807) is 7.11 Å². The molecule has 0 aliphatic carbocycles. The molecule has 0 aromatic rings. The normalized spacial score (nSPS) is 21.5. The Balaban J connectivity index is 2.09. The number of nitrogens with one attached hydrogen (secondary N) is 2. The third-order valence-electron chi connectivity index (χ3n) is 2.07. The van der Waals surface area contributed by atoms with Crippen LogP contribution >= 0.6 is 0 Å². The average Bonchev–Trinajstić information content (AvgIpc) is 2.28. The molecule has 0 atom stereocenters. The lowest BCUT2D eigenvalue weighted by Gasteiger charge is -2.12. The number of ether oxygens (including phenoxy) is 1. The Hall–Kier alpha value is -0.120.